The molecule has 26 heavy (non-hydrogen) atoms. The summed E-state index contributed by atoms with van der Waals surface area (Å²) in [5.41, 5.74) is 2.38. The number of anilines is 1. The van der Waals surface area contributed by atoms with Gasteiger partial charge in [0.15, 0.2) is 0 Å². The minimum atomic E-state index is -3.72. The van der Waals surface area contributed by atoms with Crippen molar-refractivity contribution < 1.29 is 13.2 Å². The second kappa shape index (κ2) is 7.58. The highest BCUT2D eigenvalue weighted by Crippen LogP contribution is 2.27. The van der Waals surface area contributed by atoms with Crippen LogP contribution in [-0.4, -0.2) is 20.5 Å². The molecule has 0 bridgehead atoms. The molecule has 3 aromatic rings. The zero-order valence-electron chi connectivity index (χ0n) is 14.7. The number of methoxy groups -OCH3 is 1. The third-order valence-electron chi connectivity index (χ3n) is 4.02. The van der Waals surface area contributed by atoms with Crippen LogP contribution in [0.3, 0.4) is 0 Å². The van der Waals surface area contributed by atoms with Gasteiger partial charge in [-0.05, 0) is 55.0 Å². The lowest BCUT2D eigenvalue weighted by atomic mass is 10.2. The number of sulfonamides is 1. The summed E-state index contributed by atoms with van der Waals surface area (Å²) in [7, 11) is -2.15. The Morgan fingerprint density at radius 3 is 2.27 bits per heavy atom. The van der Waals surface area contributed by atoms with Crippen LogP contribution < -0.4 is 9.04 Å². The summed E-state index contributed by atoms with van der Waals surface area (Å²) in [5.74, 6) is 0.669. The van der Waals surface area contributed by atoms with E-state index in [1.807, 2.05) is 13.0 Å². The first-order valence-electron chi connectivity index (χ1n) is 8.13. The van der Waals surface area contributed by atoms with E-state index >= 15 is 0 Å². The van der Waals surface area contributed by atoms with Crippen LogP contribution in [-0.2, 0) is 16.6 Å². The molecule has 0 saturated heterocycles. The van der Waals surface area contributed by atoms with E-state index in [-0.39, 0.29) is 11.4 Å². The summed E-state index contributed by atoms with van der Waals surface area (Å²) in [6.45, 7) is 2.11. The van der Waals surface area contributed by atoms with Gasteiger partial charge in [-0.3, -0.25) is 9.29 Å². The van der Waals surface area contributed by atoms with Crippen LogP contribution in [0, 0.1) is 6.92 Å². The van der Waals surface area contributed by atoms with Crippen molar-refractivity contribution in [1.82, 2.24) is 4.98 Å². The van der Waals surface area contributed by atoms with Gasteiger partial charge in [0.05, 0.1) is 24.2 Å². The second-order valence-corrected chi connectivity index (χ2v) is 7.75. The largest absolute Gasteiger partial charge is 0.497 e. The second-order valence-electron chi connectivity index (χ2n) is 5.88. The Balaban J connectivity index is 2.05. The Hall–Kier alpha value is -2.86. The summed E-state index contributed by atoms with van der Waals surface area (Å²) in [6, 6.07) is 17.5. The molecule has 1 aromatic heterocycles. The van der Waals surface area contributed by atoms with E-state index in [9.17, 15) is 8.42 Å². The van der Waals surface area contributed by atoms with Gasteiger partial charge in [-0.25, -0.2) is 8.42 Å². The maximum atomic E-state index is 13.3. The Morgan fingerprint density at radius 1 is 1.00 bits per heavy atom. The minimum absolute atomic E-state index is 0.191. The summed E-state index contributed by atoms with van der Waals surface area (Å²) < 4.78 is 33.1. The van der Waals surface area contributed by atoms with Gasteiger partial charge in [0, 0.05) is 12.4 Å². The fourth-order valence-electron chi connectivity index (χ4n) is 2.56. The Labute approximate surface area is 153 Å². The van der Waals surface area contributed by atoms with Gasteiger partial charge in [-0.15, -0.1) is 0 Å². The van der Waals surface area contributed by atoms with E-state index in [4.69, 9.17) is 4.74 Å². The average Bonchev–Trinajstić information content (AvgIpc) is 2.67. The van der Waals surface area contributed by atoms with E-state index in [0.717, 1.165) is 11.1 Å². The maximum Gasteiger partial charge on any atom is 0.264 e. The van der Waals surface area contributed by atoms with Crippen LogP contribution in [0.1, 0.15) is 11.1 Å². The van der Waals surface area contributed by atoms with Crippen molar-refractivity contribution in [3.63, 3.8) is 0 Å². The molecule has 0 N–H and O–H groups in total. The monoisotopic (exact) mass is 368 g/mol. The molecule has 3 rings (SSSR count). The Bertz CT molecular complexity index is 954. The fraction of sp³-hybridized carbons (Fsp3) is 0.150. The van der Waals surface area contributed by atoms with Crippen LogP contribution in [0.25, 0.3) is 0 Å². The van der Waals surface area contributed by atoms with Gasteiger partial charge in [-0.2, -0.15) is 0 Å². The van der Waals surface area contributed by atoms with E-state index in [1.54, 1.807) is 74.1 Å². The van der Waals surface area contributed by atoms with Gasteiger partial charge in [0.1, 0.15) is 5.75 Å². The molecule has 0 aliphatic carbocycles. The Kier molecular flexibility index (Phi) is 5.23. The van der Waals surface area contributed by atoms with Gasteiger partial charge in [0.25, 0.3) is 10.0 Å². The van der Waals surface area contributed by atoms with Crippen molar-refractivity contribution in [3.05, 3.63) is 84.2 Å². The van der Waals surface area contributed by atoms with Gasteiger partial charge in [-0.1, -0.05) is 23.8 Å². The first kappa shape index (κ1) is 17.9. The van der Waals surface area contributed by atoms with Crippen molar-refractivity contribution in [2.24, 2.45) is 0 Å². The van der Waals surface area contributed by atoms with Crippen molar-refractivity contribution in [2.75, 3.05) is 11.4 Å². The number of benzene rings is 2. The highest BCUT2D eigenvalue weighted by molar-refractivity contribution is 7.92. The maximum absolute atomic E-state index is 13.3. The Morgan fingerprint density at radius 2 is 1.69 bits per heavy atom. The number of nitrogens with zero attached hydrogens (tertiary/aromatic N) is 2. The van der Waals surface area contributed by atoms with Crippen LogP contribution >= 0.6 is 0 Å². The predicted octanol–water partition coefficient (Wildman–Crippen LogP) is 3.79. The molecule has 2 aromatic carbocycles. The lowest BCUT2D eigenvalue weighted by Gasteiger charge is -2.25. The smallest absolute Gasteiger partial charge is 0.264 e. The van der Waals surface area contributed by atoms with Gasteiger partial charge in [0.2, 0.25) is 0 Å². The number of aryl methyl sites for hydroxylation is 1. The highest BCUT2D eigenvalue weighted by Gasteiger charge is 2.25. The molecule has 0 aliphatic rings. The molecule has 0 aliphatic heterocycles. The van der Waals surface area contributed by atoms with E-state index in [2.05, 4.69) is 4.98 Å². The van der Waals surface area contributed by atoms with Gasteiger partial charge >= 0.3 is 0 Å². The molecule has 0 saturated carbocycles. The topological polar surface area (TPSA) is 59.5 Å². The van der Waals surface area contributed by atoms with Crippen molar-refractivity contribution >= 4 is 15.7 Å². The summed E-state index contributed by atoms with van der Waals surface area (Å²) in [4.78, 5) is 4.34. The van der Waals surface area contributed by atoms with Crippen LogP contribution in [0.4, 0.5) is 5.69 Å². The zero-order valence-corrected chi connectivity index (χ0v) is 15.5. The number of ether oxygens (including phenoxy) is 1. The van der Waals surface area contributed by atoms with E-state index in [1.165, 1.54) is 4.31 Å². The molecule has 0 spiro atoms. The molecular weight excluding hydrogens is 348 g/mol. The van der Waals surface area contributed by atoms with Crippen LogP contribution in [0.2, 0.25) is 0 Å². The first-order chi connectivity index (χ1) is 12.5. The standard InChI is InChI=1S/C20H20N2O3S/c1-16-5-11-20(12-6-16)26(23,24)22(15-17-4-3-13-21-14-17)18-7-9-19(25-2)10-8-18/h3-14H,15H2,1-2H3. The molecular formula is C20H20N2O3S. The lowest BCUT2D eigenvalue weighted by molar-refractivity contribution is 0.415. The number of pyridine rings is 1. The van der Waals surface area contributed by atoms with Crippen LogP contribution in [0.5, 0.6) is 5.75 Å². The summed E-state index contributed by atoms with van der Waals surface area (Å²) >= 11 is 0. The number of rotatable bonds is 6. The molecule has 0 atom stereocenters. The van der Waals surface area contributed by atoms with E-state index in [0.29, 0.717) is 11.4 Å². The molecule has 0 fully saturated rings. The third-order valence-corrected chi connectivity index (χ3v) is 5.81. The molecule has 0 unspecified atom stereocenters. The predicted molar refractivity (Wildman–Crippen MR) is 102 cm³/mol. The highest BCUT2D eigenvalue weighted by atomic mass is 32.2. The molecule has 6 heteroatoms. The van der Waals surface area contributed by atoms with Crippen molar-refractivity contribution in [2.45, 2.75) is 18.4 Å². The van der Waals surface area contributed by atoms with Crippen molar-refractivity contribution in [1.29, 1.82) is 0 Å². The van der Waals surface area contributed by atoms with Gasteiger partial charge < -0.3 is 4.74 Å². The summed E-state index contributed by atoms with van der Waals surface area (Å²) in [5, 5.41) is 0. The lowest BCUT2D eigenvalue weighted by Crippen LogP contribution is -2.30. The number of hydrogen-bond donors (Lipinski definition) is 0. The van der Waals surface area contributed by atoms with Crippen molar-refractivity contribution in [3.8, 4) is 5.75 Å². The zero-order chi connectivity index (χ0) is 18.6. The molecule has 0 radical (unpaired) electrons. The minimum Gasteiger partial charge on any atom is -0.497 e. The molecule has 134 valence electrons. The third kappa shape index (κ3) is 3.86. The normalized spacial score (nSPS) is 11.2. The molecule has 1 heterocycles. The fourth-order valence-corrected chi connectivity index (χ4v) is 4.01. The number of hydrogen-bond acceptors (Lipinski definition) is 4. The van der Waals surface area contributed by atoms with Crippen LogP contribution in [0.15, 0.2) is 78.0 Å². The first-order valence-corrected chi connectivity index (χ1v) is 9.57. The quantitative estimate of drug-likeness (QED) is 0.664. The average molecular weight is 368 g/mol. The molecule has 5 nitrogen and oxygen atoms in total. The molecule has 0 amide bonds. The summed E-state index contributed by atoms with van der Waals surface area (Å²) in [6.07, 6.45) is 3.33. The number of aromatic nitrogens is 1. The van der Waals surface area contributed by atoms with E-state index < -0.39 is 10.0 Å². The SMILES string of the molecule is COc1ccc(N(Cc2cccnc2)S(=O)(=O)c2ccc(C)cc2)cc1.